The summed E-state index contributed by atoms with van der Waals surface area (Å²) >= 11 is 0. The molecular formula is C30H37N5O4. The van der Waals surface area contributed by atoms with Crippen molar-refractivity contribution in [1.82, 2.24) is 19.7 Å². The lowest BCUT2D eigenvalue weighted by atomic mass is 9.91. The predicted octanol–water partition coefficient (Wildman–Crippen LogP) is 2.48. The third-order valence-corrected chi connectivity index (χ3v) is 8.13. The van der Waals surface area contributed by atoms with E-state index in [1.165, 1.54) is 0 Å². The zero-order valence-electron chi connectivity index (χ0n) is 22.7. The van der Waals surface area contributed by atoms with Crippen molar-refractivity contribution in [1.29, 1.82) is 0 Å². The van der Waals surface area contributed by atoms with Crippen molar-refractivity contribution in [3.8, 4) is 0 Å². The predicted molar refractivity (Wildman–Crippen MR) is 147 cm³/mol. The smallest absolute Gasteiger partial charge is 0.273 e. The van der Waals surface area contributed by atoms with Crippen LogP contribution in [0.3, 0.4) is 0 Å². The van der Waals surface area contributed by atoms with Gasteiger partial charge in [-0.05, 0) is 43.0 Å². The van der Waals surface area contributed by atoms with Gasteiger partial charge in [-0.25, -0.2) is 0 Å². The van der Waals surface area contributed by atoms with E-state index in [1.54, 1.807) is 34.2 Å². The number of rotatable bonds is 7. The summed E-state index contributed by atoms with van der Waals surface area (Å²) in [7, 11) is 0. The number of carbonyl (C=O) groups excluding carboxylic acids is 4. The highest BCUT2D eigenvalue weighted by molar-refractivity contribution is 6.02. The number of likely N-dealkylation sites (tertiary alicyclic amines) is 2. The van der Waals surface area contributed by atoms with Gasteiger partial charge >= 0.3 is 0 Å². The molecule has 3 aliphatic heterocycles. The fourth-order valence-corrected chi connectivity index (χ4v) is 6.24. The van der Waals surface area contributed by atoms with E-state index in [2.05, 4.69) is 22.0 Å². The summed E-state index contributed by atoms with van der Waals surface area (Å²) in [4.78, 5) is 64.9. The molecule has 0 N–H and O–H groups in total. The van der Waals surface area contributed by atoms with E-state index in [9.17, 15) is 19.2 Å². The molecule has 4 heterocycles. The largest absolute Gasteiger partial charge is 0.368 e. The zero-order valence-corrected chi connectivity index (χ0v) is 22.7. The molecular weight excluding hydrogens is 494 g/mol. The van der Waals surface area contributed by atoms with E-state index in [-0.39, 0.29) is 48.4 Å². The molecule has 3 unspecified atom stereocenters. The van der Waals surface area contributed by atoms with Gasteiger partial charge in [-0.2, -0.15) is 0 Å². The molecule has 0 bridgehead atoms. The normalized spacial score (nSPS) is 21.9. The van der Waals surface area contributed by atoms with Gasteiger partial charge in [0.2, 0.25) is 11.8 Å². The average Bonchev–Trinajstić information content (AvgIpc) is 3.54. The van der Waals surface area contributed by atoms with Gasteiger partial charge < -0.3 is 19.6 Å². The lowest BCUT2D eigenvalue weighted by Crippen LogP contribution is -2.50. The van der Waals surface area contributed by atoms with Gasteiger partial charge in [0.1, 0.15) is 11.7 Å². The number of carbonyl (C=O) groups is 4. The number of benzene rings is 1. The van der Waals surface area contributed by atoms with Gasteiger partial charge in [0.25, 0.3) is 5.91 Å². The molecule has 5 rings (SSSR count). The molecule has 1 aromatic carbocycles. The minimum atomic E-state index is -0.649. The summed E-state index contributed by atoms with van der Waals surface area (Å²) in [6.45, 7) is 7.22. The van der Waals surface area contributed by atoms with Crippen molar-refractivity contribution in [2.24, 2.45) is 11.8 Å². The standard InChI is InChI=1S/C30H37N5O4/c1-21(2)18-22(19-27(37)33-16-14-32(15-17-33)23-8-4-3-5-9-23)29(38)34-13-11-25-28(34)26(36)20-35(25)30(39)24-10-6-7-12-31-24/h3-10,12,21-22,25,28H,11,13-20H2,1-2H3. The number of aromatic nitrogens is 1. The van der Waals surface area contributed by atoms with Gasteiger partial charge in [-0.3, -0.25) is 24.2 Å². The average molecular weight is 532 g/mol. The number of fused-ring (bicyclic) bond motifs is 1. The molecule has 1 aromatic heterocycles. The molecule has 3 fully saturated rings. The van der Waals surface area contributed by atoms with Crippen molar-refractivity contribution in [2.75, 3.05) is 44.2 Å². The maximum atomic E-state index is 13.8. The summed E-state index contributed by atoms with van der Waals surface area (Å²) in [5, 5.41) is 0. The second kappa shape index (κ2) is 11.6. The fraction of sp³-hybridized carbons (Fsp3) is 0.500. The Balaban J connectivity index is 1.23. The summed E-state index contributed by atoms with van der Waals surface area (Å²) in [5.74, 6) is -0.829. The van der Waals surface area contributed by atoms with Gasteiger partial charge in [-0.15, -0.1) is 0 Å². The van der Waals surface area contributed by atoms with Gasteiger partial charge in [0, 0.05) is 56.9 Å². The van der Waals surface area contributed by atoms with Gasteiger partial charge in [-0.1, -0.05) is 38.1 Å². The van der Waals surface area contributed by atoms with Crippen LogP contribution in [0, 0.1) is 11.8 Å². The Kier molecular flexibility index (Phi) is 7.95. The molecule has 39 heavy (non-hydrogen) atoms. The van der Waals surface area contributed by atoms with E-state index >= 15 is 0 Å². The number of hydrogen-bond acceptors (Lipinski definition) is 6. The molecule has 2 aromatic rings. The van der Waals surface area contributed by atoms with Crippen LogP contribution in [-0.2, 0) is 14.4 Å². The number of ketones is 1. The molecule has 0 aliphatic carbocycles. The molecule has 9 heteroatoms. The SMILES string of the molecule is CC(C)CC(CC(=O)N1CCN(c2ccccc2)CC1)C(=O)N1CCC2C1C(=O)CN2C(=O)c1ccccn1. The fourth-order valence-electron chi connectivity index (χ4n) is 6.24. The van der Waals surface area contributed by atoms with Crippen LogP contribution in [0.2, 0.25) is 0 Å². The minimum absolute atomic E-state index is 0.0119. The number of anilines is 1. The van der Waals surface area contributed by atoms with E-state index in [1.807, 2.05) is 36.9 Å². The highest BCUT2D eigenvalue weighted by atomic mass is 16.2. The van der Waals surface area contributed by atoms with Crippen LogP contribution in [0.15, 0.2) is 54.7 Å². The molecule has 0 spiro atoms. The number of hydrogen-bond donors (Lipinski definition) is 0. The topological polar surface area (TPSA) is 94.1 Å². The highest BCUT2D eigenvalue weighted by Crippen LogP contribution is 2.33. The first-order valence-corrected chi connectivity index (χ1v) is 14.0. The maximum absolute atomic E-state index is 13.8. The van der Waals surface area contributed by atoms with Crippen LogP contribution in [0.25, 0.3) is 0 Å². The van der Waals surface area contributed by atoms with Crippen LogP contribution in [0.1, 0.15) is 43.6 Å². The molecule has 3 atom stereocenters. The summed E-state index contributed by atoms with van der Waals surface area (Å²) in [5.41, 5.74) is 1.45. The first-order chi connectivity index (χ1) is 18.8. The third-order valence-electron chi connectivity index (χ3n) is 8.13. The van der Waals surface area contributed by atoms with E-state index < -0.39 is 12.0 Å². The number of pyridine rings is 1. The second-order valence-corrected chi connectivity index (χ2v) is 11.2. The van der Waals surface area contributed by atoms with Crippen molar-refractivity contribution in [2.45, 2.75) is 45.2 Å². The monoisotopic (exact) mass is 531 g/mol. The Morgan fingerprint density at radius 1 is 0.923 bits per heavy atom. The highest BCUT2D eigenvalue weighted by Gasteiger charge is 2.52. The van der Waals surface area contributed by atoms with Gasteiger partial charge in [0.15, 0.2) is 5.78 Å². The quantitative estimate of drug-likeness (QED) is 0.545. The Morgan fingerprint density at radius 3 is 2.31 bits per heavy atom. The Bertz CT molecular complexity index is 1200. The first-order valence-electron chi connectivity index (χ1n) is 14.0. The first kappa shape index (κ1) is 26.8. The number of Topliss-reactive ketones (excluding diaryl/α,β-unsaturated/α-hetero) is 1. The molecule has 0 saturated carbocycles. The number of nitrogens with zero attached hydrogens (tertiary/aromatic N) is 5. The maximum Gasteiger partial charge on any atom is 0.273 e. The number of piperazine rings is 1. The molecule has 3 amide bonds. The van der Waals surface area contributed by atoms with Crippen molar-refractivity contribution in [3.63, 3.8) is 0 Å². The second-order valence-electron chi connectivity index (χ2n) is 11.2. The van der Waals surface area contributed by atoms with Crippen molar-refractivity contribution < 1.29 is 19.2 Å². The molecule has 9 nitrogen and oxygen atoms in total. The lowest BCUT2D eigenvalue weighted by molar-refractivity contribution is -0.144. The van der Waals surface area contributed by atoms with Gasteiger partial charge in [0.05, 0.1) is 12.6 Å². The Hall–Kier alpha value is -3.75. The van der Waals surface area contributed by atoms with Crippen LogP contribution in [0.5, 0.6) is 0 Å². The Morgan fingerprint density at radius 2 is 1.64 bits per heavy atom. The Labute approximate surface area is 229 Å². The summed E-state index contributed by atoms with van der Waals surface area (Å²) in [6.07, 6.45) is 2.82. The van der Waals surface area contributed by atoms with E-state index in [0.717, 1.165) is 18.8 Å². The molecule has 0 radical (unpaired) electrons. The lowest BCUT2D eigenvalue weighted by Gasteiger charge is -2.37. The molecule has 3 aliphatic rings. The zero-order chi connectivity index (χ0) is 27.5. The van der Waals surface area contributed by atoms with Crippen LogP contribution < -0.4 is 4.90 Å². The van der Waals surface area contributed by atoms with E-state index in [4.69, 9.17) is 0 Å². The van der Waals surface area contributed by atoms with Crippen molar-refractivity contribution in [3.05, 3.63) is 60.4 Å². The molecule has 3 saturated heterocycles. The van der Waals surface area contributed by atoms with E-state index in [0.29, 0.717) is 38.2 Å². The van der Waals surface area contributed by atoms with Crippen LogP contribution in [0.4, 0.5) is 5.69 Å². The minimum Gasteiger partial charge on any atom is -0.368 e. The van der Waals surface area contributed by atoms with Crippen molar-refractivity contribution >= 4 is 29.2 Å². The third kappa shape index (κ3) is 5.67. The summed E-state index contributed by atoms with van der Waals surface area (Å²) in [6, 6.07) is 14.3. The summed E-state index contributed by atoms with van der Waals surface area (Å²) < 4.78 is 0. The number of para-hydroxylation sites is 1. The molecule has 206 valence electrons. The van der Waals surface area contributed by atoms with Crippen LogP contribution in [-0.4, -0.2) is 94.5 Å². The number of amides is 3. The van der Waals surface area contributed by atoms with Crippen LogP contribution >= 0.6 is 0 Å².